The number of carbonyl (C=O) groups excluding carboxylic acids is 3. The summed E-state index contributed by atoms with van der Waals surface area (Å²) in [7, 11) is 1.50. The molecule has 2 amide bonds. The number of thiocarbonyl (C=S) groups is 1. The smallest absolute Gasteiger partial charge is 0.266 e. The Kier molecular flexibility index (Phi) is 11.3. The summed E-state index contributed by atoms with van der Waals surface area (Å²) in [5.74, 6) is 0.207. The molecule has 1 fully saturated rings. The van der Waals surface area contributed by atoms with Gasteiger partial charge in [0, 0.05) is 23.3 Å². The highest BCUT2D eigenvalue weighted by atomic mass is 32.2. The Morgan fingerprint density at radius 1 is 1.33 bits per heavy atom. The van der Waals surface area contributed by atoms with E-state index in [1.54, 1.807) is 23.1 Å². The monoisotopic (exact) mass is 525 g/mol. The molecule has 1 aliphatic heterocycles. The van der Waals surface area contributed by atoms with Crippen molar-refractivity contribution in [1.29, 1.82) is 0 Å². The van der Waals surface area contributed by atoms with E-state index in [2.05, 4.69) is 11.1 Å². The van der Waals surface area contributed by atoms with Gasteiger partial charge in [-0.25, -0.2) is 0 Å². The summed E-state index contributed by atoms with van der Waals surface area (Å²) in [5, 5.41) is 4.88. The number of hydrogen-bond donors (Lipinski definition) is 2. The van der Waals surface area contributed by atoms with Gasteiger partial charge in [0.25, 0.3) is 5.91 Å². The lowest BCUT2D eigenvalue weighted by Gasteiger charge is -2.29. The maximum atomic E-state index is 12.6. The number of hydrogen-bond acceptors (Lipinski definition) is 8. The van der Waals surface area contributed by atoms with Crippen LogP contribution in [0.15, 0.2) is 32.9 Å². The molecule has 3 rings (SSSR count). The summed E-state index contributed by atoms with van der Waals surface area (Å²) in [6.07, 6.45) is 7.18. The highest BCUT2D eigenvalue weighted by molar-refractivity contribution is 8.26. The molecule has 0 bridgehead atoms. The van der Waals surface area contributed by atoms with Gasteiger partial charge in [-0.2, -0.15) is 0 Å². The zero-order chi connectivity index (χ0) is 24.4. The van der Waals surface area contributed by atoms with Crippen LogP contribution in [0.1, 0.15) is 50.8 Å². The third kappa shape index (κ3) is 7.78. The number of aldehydes is 1. The van der Waals surface area contributed by atoms with Crippen LogP contribution in [-0.4, -0.2) is 46.8 Å². The van der Waals surface area contributed by atoms with Crippen molar-refractivity contribution >= 4 is 75.6 Å². The van der Waals surface area contributed by atoms with Gasteiger partial charge < -0.3 is 15.8 Å². The van der Waals surface area contributed by atoms with Crippen LogP contribution < -0.4 is 11.1 Å². The maximum Gasteiger partial charge on any atom is 0.266 e. The summed E-state index contributed by atoms with van der Waals surface area (Å²) in [4.78, 5) is 40.7. The van der Waals surface area contributed by atoms with Crippen molar-refractivity contribution in [3.05, 3.63) is 37.8 Å². The molecule has 2 heterocycles. The van der Waals surface area contributed by atoms with Gasteiger partial charge in [0.05, 0.1) is 10.8 Å². The van der Waals surface area contributed by atoms with Crippen molar-refractivity contribution in [2.24, 2.45) is 11.1 Å². The summed E-state index contributed by atoms with van der Waals surface area (Å²) in [5.41, 5.74) is 5.24. The minimum Gasteiger partial charge on any atom is -0.347 e. The molecule has 0 aromatic carbocycles. The van der Waals surface area contributed by atoms with E-state index in [9.17, 15) is 14.4 Å². The predicted molar refractivity (Wildman–Crippen MR) is 145 cm³/mol. The minimum atomic E-state index is -0.454. The lowest BCUT2D eigenvalue weighted by atomic mass is 9.80. The number of nitrogens with zero attached hydrogens (tertiary/aromatic N) is 1. The standard InChI is InChI=1S/C22H26N2O3S4.CH5N/c1-22(2,13-25)16-7-3-4-8-17(16)30-14-23-19(26)9-10-24-20(27)18(31-21(24)28)12-15-6-5-11-29-15;1-2/h5-6,11-13H,3-4,7-10,14H2,1-2H3,(H,23,26);2H2,1H3/b18-12+;. The second-order valence-electron chi connectivity index (χ2n) is 7.94. The van der Waals surface area contributed by atoms with Crippen LogP contribution in [0.2, 0.25) is 0 Å². The second kappa shape index (κ2) is 13.4. The van der Waals surface area contributed by atoms with Crippen molar-refractivity contribution in [3.8, 4) is 0 Å². The quantitative estimate of drug-likeness (QED) is 0.208. The SMILES string of the molecule is CC(C)(C=O)C1=C(SCNC(=O)CCN2C(=O)/C(=C\c3cccs3)SC2=S)CCCC1.CN. The molecule has 1 aliphatic carbocycles. The van der Waals surface area contributed by atoms with Gasteiger partial charge in [-0.05, 0) is 74.6 Å². The Balaban J connectivity index is 0.00000187. The molecule has 1 aromatic rings. The first-order valence-corrected chi connectivity index (χ1v) is 13.9. The fraction of sp³-hybridized carbons (Fsp3) is 0.478. The van der Waals surface area contributed by atoms with E-state index in [1.807, 2.05) is 37.4 Å². The molecule has 10 heteroatoms. The van der Waals surface area contributed by atoms with E-state index in [1.165, 1.54) is 34.2 Å². The van der Waals surface area contributed by atoms with Crippen LogP contribution in [0.5, 0.6) is 0 Å². The molecule has 0 saturated carbocycles. The van der Waals surface area contributed by atoms with Crippen molar-refractivity contribution in [1.82, 2.24) is 10.2 Å². The van der Waals surface area contributed by atoms with Crippen LogP contribution in [0, 0.1) is 5.41 Å². The van der Waals surface area contributed by atoms with E-state index in [0.717, 1.165) is 36.8 Å². The highest BCUT2D eigenvalue weighted by Crippen LogP contribution is 2.41. The first kappa shape index (κ1) is 27.8. The third-order valence-electron chi connectivity index (χ3n) is 5.26. The van der Waals surface area contributed by atoms with Crippen LogP contribution in [0.4, 0.5) is 0 Å². The molecule has 33 heavy (non-hydrogen) atoms. The van der Waals surface area contributed by atoms with Gasteiger partial charge in [0.15, 0.2) is 0 Å². The fourth-order valence-corrected chi connectivity index (χ4v) is 6.76. The van der Waals surface area contributed by atoms with Gasteiger partial charge in [-0.3, -0.25) is 14.5 Å². The Hall–Kier alpha value is -1.46. The average molecular weight is 526 g/mol. The molecule has 1 saturated heterocycles. The van der Waals surface area contributed by atoms with Crippen molar-refractivity contribution < 1.29 is 14.4 Å². The molecule has 3 N–H and O–H groups in total. The summed E-state index contributed by atoms with van der Waals surface area (Å²) < 4.78 is 0.489. The molecule has 0 spiro atoms. The zero-order valence-electron chi connectivity index (χ0n) is 19.2. The van der Waals surface area contributed by atoms with Crippen LogP contribution >= 0.6 is 47.1 Å². The Morgan fingerprint density at radius 2 is 2.06 bits per heavy atom. The maximum absolute atomic E-state index is 12.6. The van der Waals surface area contributed by atoms with E-state index >= 15 is 0 Å². The topological polar surface area (TPSA) is 92.5 Å². The number of nitrogens with two attached hydrogens (primary N) is 1. The Labute approximate surface area is 213 Å². The average Bonchev–Trinajstić information content (AvgIpc) is 3.42. The number of rotatable bonds is 9. The molecule has 0 atom stereocenters. The van der Waals surface area contributed by atoms with E-state index in [0.29, 0.717) is 15.1 Å². The number of thioether (sulfide) groups is 2. The van der Waals surface area contributed by atoms with Gasteiger partial charge in [-0.15, -0.1) is 23.1 Å². The third-order valence-corrected chi connectivity index (χ3v) is 8.54. The van der Waals surface area contributed by atoms with Crippen LogP contribution in [-0.2, 0) is 14.4 Å². The number of carbonyl (C=O) groups is 3. The molecule has 0 unspecified atom stereocenters. The molecule has 0 radical (unpaired) electrons. The van der Waals surface area contributed by atoms with Crippen molar-refractivity contribution in [3.63, 3.8) is 0 Å². The predicted octanol–water partition coefficient (Wildman–Crippen LogP) is 4.77. The summed E-state index contributed by atoms with van der Waals surface area (Å²) in [6, 6.07) is 3.89. The van der Waals surface area contributed by atoms with Gasteiger partial charge in [-0.1, -0.05) is 30.0 Å². The van der Waals surface area contributed by atoms with Gasteiger partial charge in [0.2, 0.25) is 5.91 Å². The highest BCUT2D eigenvalue weighted by Gasteiger charge is 2.32. The Morgan fingerprint density at radius 3 is 2.73 bits per heavy atom. The van der Waals surface area contributed by atoms with Crippen molar-refractivity contribution in [2.75, 3.05) is 19.5 Å². The number of thiophene rings is 1. The first-order valence-electron chi connectivity index (χ1n) is 10.8. The zero-order valence-corrected chi connectivity index (χ0v) is 22.5. The second-order valence-corrected chi connectivity index (χ2v) is 11.7. The fourth-order valence-electron chi connectivity index (χ4n) is 3.49. The summed E-state index contributed by atoms with van der Waals surface area (Å²) >= 11 is 9.78. The van der Waals surface area contributed by atoms with E-state index in [-0.39, 0.29) is 24.8 Å². The normalized spacial score (nSPS) is 17.8. The molecule has 2 aliphatic rings. The van der Waals surface area contributed by atoms with Crippen molar-refractivity contribution in [2.45, 2.75) is 46.0 Å². The molecule has 6 nitrogen and oxygen atoms in total. The Bertz CT molecular complexity index is 923. The number of allylic oxidation sites excluding steroid dienone is 2. The first-order chi connectivity index (χ1) is 15.8. The lowest BCUT2D eigenvalue weighted by Crippen LogP contribution is -2.33. The van der Waals surface area contributed by atoms with Crippen LogP contribution in [0.25, 0.3) is 6.08 Å². The lowest BCUT2D eigenvalue weighted by molar-refractivity contribution is -0.123. The molecule has 180 valence electrons. The van der Waals surface area contributed by atoms with Gasteiger partial charge >= 0.3 is 0 Å². The number of nitrogens with one attached hydrogen (secondary N) is 1. The van der Waals surface area contributed by atoms with Gasteiger partial charge in [0.1, 0.15) is 10.6 Å². The molecule has 1 aromatic heterocycles. The molecular formula is C23H31N3O3S4. The van der Waals surface area contributed by atoms with E-state index in [4.69, 9.17) is 12.2 Å². The van der Waals surface area contributed by atoms with Crippen LogP contribution in [0.3, 0.4) is 0 Å². The minimum absolute atomic E-state index is 0.114. The summed E-state index contributed by atoms with van der Waals surface area (Å²) in [6.45, 7) is 4.18. The largest absolute Gasteiger partial charge is 0.347 e. The molecular weight excluding hydrogens is 495 g/mol. The number of amides is 2. The van der Waals surface area contributed by atoms with E-state index < -0.39 is 5.41 Å².